The maximum absolute atomic E-state index is 14.1. The van der Waals surface area contributed by atoms with Gasteiger partial charge in [-0.25, -0.2) is 4.79 Å². The number of aliphatic hydroxyl groups is 3. The molecule has 1 aliphatic heterocycles. The Morgan fingerprint density at radius 1 is 1.02 bits per heavy atom. The zero-order valence-electron chi connectivity index (χ0n) is 26.4. The van der Waals surface area contributed by atoms with Gasteiger partial charge in [-0.3, -0.25) is 24.2 Å². The number of hydrogen-bond acceptors (Lipinski definition) is 11. The van der Waals surface area contributed by atoms with Crippen LogP contribution in [0, 0.1) is 11.8 Å². The molecule has 6 N–H and O–H groups in total. The SMILES string of the molecule is COC(=O)N1CCN(Cc2ccc(-c3ccc(O)c4c3C[C@H]3C[C@H]5[C@H](N(C)C)C(=O)C(C(N)=O)=C(O)[C@@]5(O)C(=O)C3=C4O)cc2)CC1. The van der Waals surface area contributed by atoms with Crippen LogP contribution in [0.5, 0.6) is 5.75 Å². The molecule has 2 aromatic carbocycles. The fourth-order valence-electron chi connectivity index (χ4n) is 7.78. The Hall–Kier alpha value is -4.72. The molecule has 1 saturated heterocycles. The minimum atomic E-state index is -2.68. The first-order chi connectivity index (χ1) is 22.3. The van der Waals surface area contributed by atoms with Crippen molar-refractivity contribution in [2.45, 2.75) is 31.0 Å². The maximum Gasteiger partial charge on any atom is 0.409 e. The molecule has 4 aliphatic rings. The fraction of sp³-hybridized carbons (Fsp3) is 0.412. The number of likely N-dealkylation sites (N-methyl/N-ethyl adjacent to an activating group) is 1. The van der Waals surface area contributed by atoms with E-state index in [2.05, 4.69) is 4.90 Å². The molecule has 6 rings (SSSR count). The van der Waals surface area contributed by atoms with Crippen LogP contribution in [0.4, 0.5) is 4.79 Å². The highest BCUT2D eigenvalue weighted by Gasteiger charge is 2.64. The lowest BCUT2D eigenvalue weighted by Crippen LogP contribution is -2.65. The van der Waals surface area contributed by atoms with Crippen LogP contribution in [0.15, 0.2) is 53.3 Å². The highest BCUT2D eigenvalue weighted by Crippen LogP contribution is 2.53. The molecule has 1 saturated carbocycles. The van der Waals surface area contributed by atoms with Gasteiger partial charge >= 0.3 is 6.09 Å². The molecule has 13 heteroatoms. The number of phenols is 1. The average Bonchev–Trinajstić information content (AvgIpc) is 3.03. The van der Waals surface area contributed by atoms with E-state index in [1.807, 2.05) is 24.3 Å². The Bertz CT molecular complexity index is 1740. The lowest BCUT2D eigenvalue weighted by Gasteiger charge is -2.50. The molecule has 3 aliphatic carbocycles. The van der Waals surface area contributed by atoms with Crippen LogP contribution in [-0.2, 0) is 32.1 Å². The third-order valence-electron chi connectivity index (χ3n) is 10.1. The van der Waals surface area contributed by atoms with Gasteiger partial charge in [0.1, 0.15) is 22.8 Å². The van der Waals surface area contributed by atoms with Crippen LogP contribution in [0.25, 0.3) is 16.9 Å². The van der Waals surface area contributed by atoms with E-state index in [0.717, 1.165) is 16.7 Å². The van der Waals surface area contributed by atoms with Gasteiger partial charge in [-0.1, -0.05) is 30.3 Å². The lowest BCUT2D eigenvalue weighted by molar-refractivity contribution is -0.153. The van der Waals surface area contributed by atoms with E-state index < -0.39 is 58.0 Å². The smallest absolute Gasteiger partial charge is 0.409 e. The van der Waals surface area contributed by atoms with Crippen molar-refractivity contribution in [3.63, 3.8) is 0 Å². The minimum Gasteiger partial charge on any atom is -0.508 e. The third kappa shape index (κ3) is 5.05. The normalized spacial score (nSPS) is 26.2. The molecule has 47 heavy (non-hydrogen) atoms. The second-order valence-corrected chi connectivity index (χ2v) is 12.9. The Labute approximate surface area is 271 Å². The highest BCUT2D eigenvalue weighted by molar-refractivity contribution is 6.24. The summed E-state index contributed by atoms with van der Waals surface area (Å²) in [6.45, 7) is 3.28. The van der Waals surface area contributed by atoms with Gasteiger partial charge in [0.2, 0.25) is 5.78 Å². The number of aliphatic hydroxyl groups excluding tert-OH is 2. The fourth-order valence-corrected chi connectivity index (χ4v) is 7.78. The monoisotopic (exact) mass is 646 g/mol. The topological polar surface area (TPSA) is 194 Å². The van der Waals surface area contributed by atoms with E-state index in [9.17, 15) is 39.6 Å². The number of hydrogen-bond donors (Lipinski definition) is 5. The van der Waals surface area contributed by atoms with Crippen molar-refractivity contribution < 1.29 is 44.3 Å². The molecule has 2 amide bonds. The molecule has 13 nitrogen and oxygen atoms in total. The number of phenolic OH excluding ortho intramolecular Hbond substituents is 1. The van der Waals surface area contributed by atoms with Gasteiger partial charge in [0.15, 0.2) is 11.4 Å². The van der Waals surface area contributed by atoms with Crippen molar-refractivity contribution in [3.05, 3.63) is 70.0 Å². The molecular formula is C34H38N4O9. The zero-order chi connectivity index (χ0) is 33.9. The van der Waals surface area contributed by atoms with Gasteiger partial charge in [0.05, 0.1) is 18.7 Å². The number of methoxy groups -OCH3 is 1. The molecule has 248 valence electrons. The summed E-state index contributed by atoms with van der Waals surface area (Å²) in [5.41, 5.74) is 4.95. The maximum atomic E-state index is 14.1. The van der Waals surface area contributed by atoms with Gasteiger partial charge in [-0.05, 0) is 61.2 Å². The summed E-state index contributed by atoms with van der Waals surface area (Å²) in [4.78, 5) is 56.8. The number of piperazine rings is 1. The van der Waals surface area contributed by atoms with Crippen LogP contribution in [0.3, 0.4) is 0 Å². The minimum absolute atomic E-state index is 0.0169. The lowest BCUT2D eigenvalue weighted by atomic mass is 9.57. The number of carbonyl (C=O) groups excluding carboxylic acids is 4. The Morgan fingerprint density at radius 2 is 1.68 bits per heavy atom. The van der Waals surface area contributed by atoms with E-state index >= 15 is 0 Å². The molecule has 0 radical (unpaired) electrons. The van der Waals surface area contributed by atoms with Crippen molar-refractivity contribution in [1.29, 1.82) is 0 Å². The summed E-state index contributed by atoms with van der Waals surface area (Å²) in [6, 6.07) is 9.91. The van der Waals surface area contributed by atoms with Crippen LogP contribution in [-0.4, -0.2) is 118 Å². The van der Waals surface area contributed by atoms with Gasteiger partial charge in [-0.2, -0.15) is 0 Å². The number of amides is 2. The molecule has 2 aromatic rings. The van der Waals surface area contributed by atoms with Crippen LogP contribution in [0.2, 0.25) is 0 Å². The first kappa shape index (κ1) is 32.2. The number of primary amides is 1. The number of nitrogens with two attached hydrogens (primary N) is 1. The van der Waals surface area contributed by atoms with Gasteiger partial charge in [0.25, 0.3) is 5.91 Å². The summed E-state index contributed by atoms with van der Waals surface area (Å²) in [6.07, 6.45) is -0.113. The van der Waals surface area contributed by atoms with Gasteiger partial charge in [-0.15, -0.1) is 0 Å². The van der Waals surface area contributed by atoms with Crippen molar-refractivity contribution >= 4 is 29.3 Å². The van der Waals surface area contributed by atoms with Crippen molar-refractivity contribution in [1.82, 2.24) is 14.7 Å². The second-order valence-electron chi connectivity index (χ2n) is 12.9. The average molecular weight is 647 g/mol. The number of nitrogens with zero attached hydrogens (tertiary/aromatic N) is 3. The number of ether oxygens (including phenoxy) is 1. The molecule has 4 atom stereocenters. The molecular weight excluding hydrogens is 608 g/mol. The van der Waals surface area contributed by atoms with E-state index in [0.29, 0.717) is 38.3 Å². The summed E-state index contributed by atoms with van der Waals surface area (Å²) in [5.74, 6) is -6.82. The molecule has 1 heterocycles. The molecule has 0 bridgehead atoms. The second kappa shape index (κ2) is 11.8. The van der Waals surface area contributed by atoms with E-state index in [1.165, 1.54) is 18.1 Å². The predicted octanol–water partition coefficient (Wildman–Crippen LogP) is 1.52. The molecule has 2 fully saturated rings. The summed E-state index contributed by atoms with van der Waals surface area (Å²) < 4.78 is 4.81. The first-order valence-electron chi connectivity index (χ1n) is 15.4. The van der Waals surface area contributed by atoms with E-state index in [1.54, 1.807) is 25.1 Å². The van der Waals surface area contributed by atoms with E-state index in [4.69, 9.17) is 10.5 Å². The van der Waals surface area contributed by atoms with Crippen LogP contribution in [0.1, 0.15) is 23.1 Å². The number of rotatable bonds is 5. The van der Waals surface area contributed by atoms with Crippen LogP contribution < -0.4 is 5.73 Å². The number of benzene rings is 2. The summed E-state index contributed by atoms with van der Waals surface area (Å²) >= 11 is 0. The third-order valence-corrected chi connectivity index (χ3v) is 10.1. The van der Waals surface area contributed by atoms with Crippen molar-refractivity contribution in [2.75, 3.05) is 47.4 Å². The number of carbonyl (C=O) groups is 4. The van der Waals surface area contributed by atoms with Crippen LogP contribution >= 0.6 is 0 Å². The van der Waals surface area contributed by atoms with E-state index in [-0.39, 0.29) is 35.8 Å². The largest absolute Gasteiger partial charge is 0.508 e. The van der Waals surface area contributed by atoms with Crippen molar-refractivity contribution in [3.8, 4) is 16.9 Å². The van der Waals surface area contributed by atoms with Gasteiger partial charge < -0.3 is 35.8 Å². The Balaban J connectivity index is 1.34. The van der Waals surface area contributed by atoms with Gasteiger partial charge in [0, 0.05) is 44.2 Å². The standard InChI is InChI=1S/C34H38N4O9/c1-36(2)27-22-15-19-14-21-20(18-6-4-17(5-7-18)16-37-10-12-38(13-11-37)33(45)47-3)8-9-23(39)25(21)28(40)24(19)30(42)34(22,46)31(43)26(29(27)41)32(35)44/h4-9,19,22,27,39-40,43,46H,10-16H2,1-3H3,(H2,35,44)/t19-,22-,27-,34-/m0/s1. The number of Topliss-reactive ketones (excluding diaryl/α,β-unsaturated/α-hetero) is 2. The Morgan fingerprint density at radius 3 is 2.28 bits per heavy atom. The predicted molar refractivity (Wildman–Crippen MR) is 169 cm³/mol. The zero-order valence-corrected chi connectivity index (χ0v) is 26.4. The highest BCUT2D eigenvalue weighted by atomic mass is 16.5. The number of ketones is 2. The quantitative estimate of drug-likeness (QED) is 0.296. The number of aromatic hydroxyl groups is 1. The molecule has 0 unspecified atom stereocenters. The first-order valence-corrected chi connectivity index (χ1v) is 15.4. The Kier molecular flexibility index (Phi) is 8.10. The molecule has 0 aromatic heterocycles. The summed E-state index contributed by atoms with van der Waals surface area (Å²) in [7, 11) is 4.50. The molecule has 0 spiro atoms. The van der Waals surface area contributed by atoms with Crippen molar-refractivity contribution in [2.24, 2.45) is 17.6 Å². The summed E-state index contributed by atoms with van der Waals surface area (Å²) in [5, 5.41) is 45.3. The number of fused-ring (bicyclic) bond motifs is 3.